The van der Waals surface area contributed by atoms with Crippen molar-refractivity contribution >= 4 is 17.5 Å². The predicted octanol–water partition coefficient (Wildman–Crippen LogP) is 1.43. The average Bonchev–Trinajstić information content (AvgIpc) is 2.46. The molecule has 1 aromatic heterocycles. The standard InChI is InChI=1S/C13H19N3O3/c1-18-13(17)11-6-9(14)7-15-12(11)16-8-10-4-2-3-5-19-10/h6-7,10H,2-5,8,14H2,1H3,(H,15,16). The molecule has 1 saturated heterocycles. The van der Waals surface area contributed by atoms with Crippen molar-refractivity contribution in [2.24, 2.45) is 0 Å². The Labute approximate surface area is 112 Å². The number of carbonyl (C=O) groups excluding carboxylic acids is 1. The zero-order valence-electron chi connectivity index (χ0n) is 11.0. The quantitative estimate of drug-likeness (QED) is 0.801. The number of anilines is 2. The Morgan fingerprint density at radius 2 is 2.47 bits per heavy atom. The molecular weight excluding hydrogens is 246 g/mol. The van der Waals surface area contributed by atoms with E-state index in [0.29, 0.717) is 23.6 Å². The van der Waals surface area contributed by atoms with Gasteiger partial charge in [-0.25, -0.2) is 9.78 Å². The van der Waals surface area contributed by atoms with Gasteiger partial charge in [0, 0.05) is 13.2 Å². The number of rotatable bonds is 4. The van der Waals surface area contributed by atoms with Crippen LogP contribution in [0.5, 0.6) is 0 Å². The largest absolute Gasteiger partial charge is 0.465 e. The van der Waals surface area contributed by atoms with Gasteiger partial charge in [-0.15, -0.1) is 0 Å². The number of nitrogens with two attached hydrogens (primary N) is 1. The predicted molar refractivity (Wildman–Crippen MR) is 72.1 cm³/mol. The molecule has 1 aliphatic heterocycles. The molecule has 19 heavy (non-hydrogen) atoms. The molecule has 1 fully saturated rings. The van der Waals surface area contributed by atoms with Gasteiger partial charge in [-0.2, -0.15) is 0 Å². The van der Waals surface area contributed by atoms with Crippen LogP contribution in [0.2, 0.25) is 0 Å². The summed E-state index contributed by atoms with van der Waals surface area (Å²) in [4.78, 5) is 15.8. The van der Waals surface area contributed by atoms with Crippen molar-refractivity contribution in [2.75, 3.05) is 31.3 Å². The van der Waals surface area contributed by atoms with Crippen molar-refractivity contribution in [1.29, 1.82) is 0 Å². The molecule has 1 aliphatic rings. The Balaban J connectivity index is 2.04. The summed E-state index contributed by atoms with van der Waals surface area (Å²) in [5.41, 5.74) is 6.41. The van der Waals surface area contributed by atoms with Crippen LogP contribution in [0, 0.1) is 0 Å². The van der Waals surface area contributed by atoms with Crippen LogP contribution < -0.4 is 11.1 Å². The Bertz CT molecular complexity index is 445. The van der Waals surface area contributed by atoms with Crippen molar-refractivity contribution in [3.05, 3.63) is 17.8 Å². The number of nitrogens with one attached hydrogen (secondary N) is 1. The number of pyridine rings is 1. The van der Waals surface area contributed by atoms with Crippen LogP contribution in [-0.4, -0.2) is 37.3 Å². The van der Waals surface area contributed by atoms with Gasteiger partial charge in [-0.3, -0.25) is 0 Å². The number of nitrogens with zero attached hydrogens (tertiary/aromatic N) is 1. The van der Waals surface area contributed by atoms with Crippen molar-refractivity contribution in [3.63, 3.8) is 0 Å². The zero-order chi connectivity index (χ0) is 13.7. The molecule has 2 rings (SSSR count). The molecule has 6 heteroatoms. The molecule has 0 saturated carbocycles. The first-order chi connectivity index (χ1) is 9.20. The van der Waals surface area contributed by atoms with Crippen molar-refractivity contribution < 1.29 is 14.3 Å². The molecule has 0 amide bonds. The molecule has 0 aliphatic carbocycles. The minimum Gasteiger partial charge on any atom is -0.465 e. The highest BCUT2D eigenvalue weighted by Crippen LogP contribution is 2.18. The number of nitrogen functional groups attached to an aromatic ring is 1. The molecule has 1 unspecified atom stereocenters. The van der Waals surface area contributed by atoms with Crippen LogP contribution in [0.25, 0.3) is 0 Å². The molecule has 1 atom stereocenters. The maximum atomic E-state index is 11.6. The van der Waals surface area contributed by atoms with E-state index in [1.54, 1.807) is 6.07 Å². The number of hydrogen-bond acceptors (Lipinski definition) is 6. The maximum Gasteiger partial charge on any atom is 0.341 e. The third kappa shape index (κ3) is 3.57. The van der Waals surface area contributed by atoms with Gasteiger partial charge < -0.3 is 20.5 Å². The number of ether oxygens (including phenoxy) is 2. The summed E-state index contributed by atoms with van der Waals surface area (Å²) in [6, 6.07) is 1.56. The number of aromatic nitrogens is 1. The number of carbonyl (C=O) groups is 1. The second-order valence-electron chi connectivity index (χ2n) is 4.53. The average molecular weight is 265 g/mol. The lowest BCUT2D eigenvalue weighted by Crippen LogP contribution is -2.27. The van der Waals surface area contributed by atoms with E-state index in [2.05, 4.69) is 10.3 Å². The van der Waals surface area contributed by atoms with Crippen LogP contribution >= 0.6 is 0 Å². The van der Waals surface area contributed by atoms with Gasteiger partial charge in [0.15, 0.2) is 0 Å². The van der Waals surface area contributed by atoms with Gasteiger partial charge in [-0.05, 0) is 25.3 Å². The van der Waals surface area contributed by atoms with E-state index < -0.39 is 5.97 Å². The second kappa shape index (κ2) is 6.38. The second-order valence-corrected chi connectivity index (χ2v) is 4.53. The van der Waals surface area contributed by atoms with E-state index in [1.165, 1.54) is 19.7 Å². The number of methoxy groups -OCH3 is 1. The molecule has 0 aromatic carbocycles. The normalized spacial score (nSPS) is 18.9. The molecule has 6 nitrogen and oxygen atoms in total. The minimum absolute atomic E-state index is 0.165. The lowest BCUT2D eigenvalue weighted by atomic mass is 10.1. The monoisotopic (exact) mass is 265 g/mol. The van der Waals surface area contributed by atoms with E-state index >= 15 is 0 Å². The Kier molecular flexibility index (Phi) is 4.57. The fraction of sp³-hybridized carbons (Fsp3) is 0.538. The van der Waals surface area contributed by atoms with Gasteiger partial charge in [0.2, 0.25) is 0 Å². The number of esters is 1. The summed E-state index contributed by atoms with van der Waals surface area (Å²) in [6.45, 7) is 1.42. The van der Waals surface area contributed by atoms with Gasteiger partial charge in [0.05, 0.1) is 25.1 Å². The third-order valence-electron chi connectivity index (χ3n) is 3.09. The molecule has 0 spiro atoms. The van der Waals surface area contributed by atoms with Crippen LogP contribution in [0.3, 0.4) is 0 Å². The lowest BCUT2D eigenvalue weighted by Gasteiger charge is -2.23. The smallest absolute Gasteiger partial charge is 0.341 e. The summed E-state index contributed by atoms with van der Waals surface area (Å²) in [7, 11) is 1.33. The van der Waals surface area contributed by atoms with Crippen molar-refractivity contribution in [2.45, 2.75) is 25.4 Å². The highest BCUT2D eigenvalue weighted by molar-refractivity contribution is 5.95. The van der Waals surface area contributed by atoms with Crippen LogP contribution in [0.1, 0.15) is 29.6 Å². The van der Waals surface area contributed by atoms with E-state index in [-0.39, 0.29) is 6.10 Å². The summed E-state index contributed by atoms with van der Waals surface area (Å²) in [5, 5.41) is 3.13. The Hall–Kier alpha value is -1.82. The van der Waals surface area contributed by atoms with Crippen LogP contribution in [0.4, 0.5) is 11.5 Å². The topological polar surface area (TPSA) is 86.5 Å². The minimum atomic E-state index is -0.452. The summed E-state index contributed by atoms with van der Waals surface area (Å²) < 4.78 is 10.3. The summed E-state index contributed by atoms with van der Waals surface area (Å²) in [6.07, 6.45) is 4.99. The SMILES string of the molecule is COC(=O)c1cc(N)cnc1NCC1CCCCO1. The van der Waals surface area contributed by atoms with E-state index in [4.69, 9.17) is 15.2 Å². The molecule has 104 valence electrons. The van der Waals surface area contributed by atoms with Crippen molar-refractivity contribution in [1.82, 2.24) is 4.98 Å². The first-order valence-electron chi connectivity index (χ1n) is 6.40. The van der Waals surface area contributed by atoms with Crippen LogP contribution in [0.15, 0.2) is 12.3 Å². The highest BCUT2D eigenvalue weighted by atomic mass is 16.5. The first kappa shape index (κ1) is 13.6. The lowest BCUT2D eigenvalue weighted by molar-refractivity contribution is 0.0246. The third-order valence-corrected chi connectivity index (χ3v) is 3.09. The van der Waals surface area contributed by atoms with Crippen LogP contribution in [-0.2, 0) is 9.47 Å². The first-order valence-corrected chi connectivity index (χ1v) is 6.40. The van der Waals surface area contributed by atoms with Gasteiger partial charge in [0.25, 0.3) is 0 Å². The van der Waals surface area contributed by atoms with E-state index in [9.17, 15) is 4.79 Å². The van der Waals surface area contributed by atoms with Gasteiger partial charge in [0.1, 0.15) is 11.4 Å². The number of hydrogen-bond donors (Lipinski definition) is 2. The highest BCUT2D eigenvalue weighted by Gasteiger charge is 2.17. The summed E-state index contributed by atoms with van der Waals surface area (Å²) >= 11 is 0. The van der Waals surface area contributed by atoms with Gasteiger partial charge >= 0.3 is 5.97 Å². The fourth-order valence-electron chi connectivity index (χ4n) is 2.07. The van der Waals surface area contributed by atoms with E-state index in [1.807, 2.05) is 0 Å². The molecule has 0 radical (unpaired) electrons. The molecule has 1 aromatic rings. The Morgan fingerprint density at radius 3 is 3.16 bits per heavy atom. The summed E-state index contributed by atoms with van der Waals surface area (Å²) in [5.74, 6) is 0.0297. The molecule has 3 N–H and O–H groups in total. The molecule has 2 heterocycles. The molecular formula is C13H19N3O3. The van der Waals surface area contributed by atoms with Crippen molar-refractivity contribution in [3.8, 4) is 0 Å². The maximum absolute atomic E-state index is 11.6. The molecule has 0 bridgehead atoms. The zero-order valence-corrected chi connectivity index (χ0v) is 11.0. The fourth-order valence-corrected chi connectivity index (χ4v) is 2.07. The Morgan fingerprint density at radius 1 is 1.63 bits per heavy atom. The van der Waals surface area contributed by atoms with Gasteiger partial charge in [-0.1, -0.05) is 0 Å². The van der Waals surface area contributed by atoms with E-state index in [0.717, 1.165) is 19.4 Å².